The fourth-order valence-electron chi connectivity index (χ4n) is 1.08. The lowest BCUT2D eigenvalue weighted by atomic mass is 10.1. The first-order valence-electron chi connectivity index (χ1n) is 4.01. The second-order valence-electron chi connectivity index (χ2n) is 2.68. The quantitative estimate of drug-likeness (QED) is 0.752. The van der Waals surface area contributed by atoms with Crippen LogP contribution in [0.15, 0.2) is 12.3 Å². The molecule has 1 rings (SSSR count). The molecular weight excluding hydrogens is 186 g/mol. The SMILES string of the molecule is CCc1ncc(C(=O)O)cc1C(=O)O. The van der Waals surface area contributed by atoms with Gasteiger partial charge in [0.1, 0.15) is 0 Å². The Balaban J connectivity index is 3.27. The molecule has 74 valence electrons. The van der Waals surface area contributed by atoms with E-state index in [4.69, 9.17) is 10.2 Å². The van der Waals surface area contributed by atoms with Gasteiger partial charge in [-0.05, 0) is 12.5 Å². The molecule has 0 amide bonds. The molecule has 0 saturated carbocycles. The fourth-order valence-corrected chi connectivity index (χ4v) is 1.08. The normalized spacial score (nSPS) is 9.79. The van der Waals surface area contributed by atoms with E-state index in [1.54, 1.807) is 6.92 Å². The largest absolute Gasteiger partial charge is 0.478 e. The number of aromatic carboxylic acids is 2. The predicted molar refractivity (Wildman–Crippen MR) is 47.5 cm³/mol. The van der Waals surface area contributed by atoms with Gasteiger partial charge in [-0.1, -0.05) is 6.92 Å². The van der Waals surface area contributed by atoms with Crippen molar-refractivity contribution >= 4 is 11.9 Å². The minimum atomic E-state index is -1.18. The van der Waals surface area contributed by atoms with Crippen molar-refractivity contribution in [3.05, 3.63) is 29.1 Å². The highest BCUT2D eigenvalue weighted by atomic mass is 16.4. The van der Waals surface area contributed by atoms with Gasteiger partial charge in [0.25, 0.3) is 0 Å². The van der Waals surface area contributed by atoms with Gasteiger partial charge in [0.05, 0.1) is 16.8 Å². The molecule has 14 heavy (non-hydrogen) atoms. The van der Waals surface area contributed by atoms with E-state index < -0.39 is 11.9 Å². The fraction of sp³-hybridized carbons (Fsp3) is 0.222. The summed E-state index contributed by atoms with van der Waals surface area (Å²) in [4.78, 5) is 25.0. The number of pyridine rings is 1. The van der Waals surface area contributed by atoms with Gasteiger partial charge in [0.2, 0.25) is 0 Å². The first kappa shape index (κ1) is 10.2. The Morgan fingerprint density at radius 3 is 2.43 bits per heavy atom. The van der Waals surface area contributed by atoms with Crippen LogP contribution in [-0.2, 0) is 6.42 Å². The van der Waals surface area contributed by atoms with Crippen LogP contribution in [0.5, 0.6) is 0 Å². The molecule has 1 aromatic heterocycles. The molecule has 1 heterocycles. The highest BCUT2D eigenvalue weighted by molar-refractivity contribution is 5.94. The number of carboxylic acid groups (broad SMARTS) is 2. The van der Waals surface area contributed by atoms with Crippen molar-refractivity contribution in [3.63, 3.8) is 0 Å². The van der Waals surface area contributed by atoms with E-state index in [1.807, 2.05) is 0 Å². The van der Waals surface area contributed by atoms with Crippen molar-refractivity contribution in [1.29, 1.82) is 0 Å². The highest BCUT2D eigenvalue weighted by Gasteiger charge is 2.13. The van der Waals surface area contributed by atoms with Gasteiger partial charge in [-0.2, -0.15) is 0 Å². The lowest BCUT2D eigenvalue weighted by Crippen LogP contribution is -2.08. The first-order valence-corrected chi connectivity index (χ1v) is 4.01. The van der Waals surface area contributed by atoms with Crippen LogP contribution in [0.25, 0.3) is 0 Å². The van der Waals surface area contributed by atoms with Crippen molar-refractivity contribution < 1.29 is 19.8 Å². The summed E-state index contributed by atoms with van der Waals surface area (Å²) < 4.78 is 0. The number of rotatable bonds is 3. The Kier molecular flexibility index (Phi) is 2.81. The van der Waals surface area contributed by atoms with Gasteiger partial charge in [0, 0.05) is 6.20 Å². The van der Waals surface area contributed by atoms with E-state index in [0.717, 1.165) is 12.3 Å². The van der Waals surface area contributed by atoms with Crippen LogP contribution in [0.1, 0.15) is 33.3 Å². The van der Waals surface area contributed by atoms with Gasteiger partial charge in [-0.25, -0.2) is 9.59 Å². The molecule has 0 spiro atoms. The van der Waals surface area contributed by atoms with E-state index in [1.165, 1.54) is 0 Å². The lowest BCUT2D eigenvalue weighted by molar-refractivity contribution is 0.0695. The van der Waals surface area contributed by atoms with E-state index in [9.17, 15) is 9.59 Å². The number of nitrogens with zero attached hydrogens (tertiary/aromatic N) is 1. The monoisotopic (exact) mass is 195 g/mol. The van der Waals surface area contributed by atoms with Crippen LogP contribution in [0.4, 0.5) is 0 Å². The summed E-state index contributed by atoms with van der Waals surface area (Å²) in [5, 5.41) is 17.4. The first-order chi connectivity index (χ1) is 6.56. The van der Waals surface area contributed by atoms with Crippen LogP contribution >= 0.6 is 0 Å². The minimum absolute atomic E-state index is 0.0487. The van der Waals surface area contributed by atoms with Crippen LogP contribution in [0.3, 0.4) is 0 Å². The summed E-state index contributed by atoms with van der Waals surface area (Å²) in [6, 6.07) is 1.12. The highest BCUT2D eigenvalue weighted by Crippen LogP contribution is 2.09. The van der Waals surface area contributed by atoms with Gasteiger partial charge in [0.15, 0.2) is 0 Å². The molecule has 0 saturated heterocycles. The molecule has 0 unspecified atom stereocenters. The molecule has 0 fully saturated rings. The summed E-state index contributed by atoms with van der Waals surface area (Å²) in [5.74, 6) is -2.33. The second-order valence-corrected chi connectivity index (χ2v) is 2.68. The molecule has 0 aromatic carbocycles. The standard InChI is InChI=1S/C9H9NO4/c1-2-7-6(9(13)14)3-5(4-10-7)8(11)12/h3-4H,2H2,1H3,(H,11,12)(H,13,14). The zero-order valence-corrected chi connectivity index (χ0v) is 7.52. The number of carboxylic acids is 2. The van der Waals surface area contributed by atoms with Crippen LogP contribution in [-0.4, -0.2) is 27.1 Å². The third kappa shape index (κ3) is 1.87. The van der Waals surface area contributed by atoms with E-state index in [2.05, 4.69) is 4.98 Å². The van der Waals surface area contributed by atoms with Crippen molar-refractivity contribution in [2.45, 2.75) is 13.3 Å². The topological polar surface area (TPSA) is 87.5 Å². The number of hydrogen-bond acceptors (Lipinski definition) is 3. The Labute approximate surface area is 80.0 Å². The van der Waals surface area contributed by atoms with Crippen molar-refractivity contribution in [2.75, 3.05) is 0 Å². The molecule has 0 aliphatic carbocycles. The summed E-state index contributed by atoms with van der Waals surface area (Å²) in [7, 11) is 0. The molecule has 0 atom stereocenters. The van der Waals surface area contributed by atoms with Crippen LogP contribution < -0.4 is 0 Å². The average molecular weight is 195 g/mol. The van der Waals surface area contributed by atoms with Crippen molar-refractivity contribution in [1.82, 2.24) is 4.98 Å². The molecular formula is C9H9NO4. The molecule has 0 bridgehead atoms. The van der Waals surface area contributed by atoms with Crippen molar-refractivity contribution in [3.8, 4) is 0 Å². The third-order valence-electron chi connectivity index (χ3n) is 1.78. The maximum absolute atomic E-state index is 10.7. The number of carbonyl (C=O) groups is 2. The molecule has 5 nitrogen and oxygen atoms in total. The molecule has 0 aliphatic rings. The summed E-state index contributed by atoms with van der Waals surface area (Å²) in [6.45, 7) is 1.76. The number of hydrogen-bond donors (Lipinski definition) is 2. The summed E-state index contributed by atoms with van der Waals surface area (Å²) >= 11 is 0. The average Bonchev–Trinajstić information content (AvgIpc) is 2.16. The summed E-state index contributed by atoms with van der Waals surface area (Å²) in [6.07, 6.45) is 1.62. The van der Waals surface area contributed by atoms with Gasteiger partial charge in [-0.15, -0.1) is 0 Å². The van der Waals surface area contributed by atoms with Crippen LogP contribution in [0.2, 0.25) is 0 Å². The second kappa shape index (κ2) is 3.87. The Bertz CT molecular complexity index is 386. The number of aromatic nitrogens is 1. The molecule has 5 heteroatoms. The zero-order valence-electron chi connectivity index (χ0n) is 7.52. The lowest BCUT2D eigenvalue weighted by Gasteiger charge is -2.02. The number of aryl methyl sites for hydroxylation is 1. The van der Waals surface area contributed by atoms with Gasteiger partial charge in [-0.3, -0.25) is 4.98 Å². The molecule has 1 aromatic rings. The smallest absolute Gasteiger partial charge is 0.337 e. The van der Waals surface area contributed by atoms with E-state index in [0.29, 0.717) is 12.1 Å². The Morgan fingerprint density at radius 2 is 2.00 bits per heavy atom. The van der Waals surface area contributed by atoms with Crippen LogP contribution in [0, 0.1) is 0 Å². The Morgan fingerprint density at radius 1 is 1.36 bits per heavy atom. The molecule has 0 aliphatic heterocycles. The maximum Gasteiger partial charge on any atom is 0.337 e. The van der Waals surface area contributed by atoms with E-state index >= 15 is 0 Å². The summed E-state index contributed by atoms with van der Waals surface area (Å²) in [5.41, 5.74) is 0.231. The molecule has 0 radical (unpaired) electrons. The molecule has 2 N–H and O–H groups in total. The third-order valence-corrected chi connectivity index (χ3v) is 1.78. The zero-order chi connectivity index (χ0) is 10.7. The van der Waals surface area contributed by atoms with Gasteiger partial charge < -0.3 is 10.2 Å². The van der Waals surface area contributed by atoms with E-state index in [-0.39, 0.29) is 11.1 Å². The Hall–Kier alpha value is -1.91. The van der Waals surface area contributed by atoms with Crippen molar-refractivity contribution in [2.24, 2.45) is 0 Å². The van der Waals surface area contributed by atoms with Gasteiger partial charge >= 0.3 is 11.9 Å². The minimum Gasteiger partial charge on any atom is -0.478 e. The maximum atomic E-state index is 10.7. The predicted octanol–water partition coefficient (Wildman–Crippen LogP) is 1.04.